The Balaban J connectivity index is 1.41. The minimum absolute atomic E-state index is 0.123. The quantitative estimate of drug-likeness (QED) is 0.313. The van der Waals surface area contributed by atoms with Crippen LogP contribution < -0.4 is 0 Å². The molecule has 200 valence electrons. The molecule has 2 N–H and O–H groups in total. The van der Waals surface area contributed by atoms with Crippen molar-refractivity contribution in [1.29, 1.82) is 0 Å². The summed E-state index contributed by atoms with van der Waals surface area (Å²) in [6.45, 7) is 11.8. The van der Waals surface area contributed by atoms with Gasteiger partial charge in [0.15, 0.2) is 0 Å². The molecule has 7 unspecified atom stereocenters. The molecule has 0 radical (unpaired) electrons. The second kappa shape index (κ2) is 14.0. The van der Waals surface area contributed by atoms with E-state index in [0.29, 0.717) is 23.7 Å². The summed E-state index contributed by atoms with van der Waals surface area (Å²) in [6.07, 6.45) is 20.3. The predicted octanol–water partition coefficient (Wildman–Crippen LogP) is 8.64. The third kappa shape index (κ3) is 8.79. The van der Waals surface area contributed by atoms with E-state index in [4.69, 9.17) is 0 Å². The van der Waals surface area contributed by atoms with Crippen LogP contribution in [0.2, 0.25) is 0 Å². The number of hydrogen-bond donors (Lipinski definition) is 2. The van der Waals surface area contributed by atoms with Gasteiger partial charge in [-0.05, 0) is 105 Å². The molecule has 0 spiro atoms. The second-order valence-electron chi connectivity index (χ2n) is 14.0. The van der Waals surface area contributed by atoms with Crippen LogP contribution in [0.3, 0.4) is 0 Å². The van der Waals surface area contributed by atoms with Gasteiger partial charge in [0.05, 0.1) is 12.2 Å². The third-order valence-corrected chi connectivity index (χ3v) is 10.8. The fourth-order valence-electron chi connectivity index (χ4n) is 8.02. The van der Waals surface area contributed by atoms with Gasteiger partial charge in [-0.1, -0.05) is 86.0 Å². The van der Waals surface area contributed by atoms with Crippen molar-refractivity contribution in [2.45, 2.75) is 150 Å². The maximum atomic E-state index is 11.1. The minimum atomic E-state index is -0.147. The average molecular weight is 477 g/mol. The van der Waals surface area contributed by atoms with E-state index < -0.39 is 0 Å². The molecule has 8 atom stereocenters. The lowest BCUT2D eigenvalue weighted by atomic mass is 9.67. The van der Waals surface area contributed by atoms with E-state index in [9.17, 15) is 10.2 Å². The largest absolute Gasteiger partial charge is 0.393 e. The lowest BCUT2D eigenvalue weighted by molar-refractivity contribution is 0.0382. The molecule has 2 nitrogen and oxygen atoms in total. The molecule has 3 aliphatic rings. The molecule has 3 fully saturated rings. The first-order valence-electron chi connectivity index (χ1n) is 15.6. The Kier molecular flexibility index (Phi) is 11.7. The van der Waals surface area contributed by atoms with Crippen LogP contribution in [0.1, 0.15) is 137 Å². The van der Waals surface area contributed by atoms with Gasteiger partial charge in [-0.2, -0.15) is 0 Å². The lowest BCUT2D eigenvalue weighted by Crippen LogP contribution is -2.30. The molecule has 0 bridgehead atoms. The summed E-state index contributed by atoms with van der Waals surface area (Å²) < 4.78 is 0. The summed E-state index contributed by atoms with van der Waals surface area (Å²) >= 11 is 0. The SMILES string of the molecule is CC1CCC([C@@H](O)CC(CCC(C)C(O)CC2CCCC(C3CCCC(C)C3)C2)C(C)C)CC1. The van der Waals surface area contributed by atoms with Crippen molar-refractivity contribution in [3.63, 3.8) is 0 Å². The van der Waals surface area contributed by atoms with E-state index in [0.717, 1.165) is 55.3 Å². The molecule has 3 rings (SSSR count). The van der Waals surface area contributed by atoms with Gasteiger partial charge in [0.1, 0.15) is 0 Å². The summed E-state index contributed by atoms with van der Waals surface area (Å²) in [6, 6.07) is 0. The number of aliphatic hydroxyl groups excluding tert-OH is 2. The fourth-order valence-corrected chi connectivity index (χ4v) is 8.02. The van der Waals surface area contributed by atoms with Crippen molar-refractivity contribution >= 4 is 0 Å². The summed E-state index contributed by atoms with van der Waals surface area (Å²) in [4.78, 5) is 0. The van der Waals surface area contributed by atoms with Crippen LogP contribution in [-0.2, 0) is 0 Å². The Labute approximate surface area is 213 Å². The predicted molar refractivity (Wildman–Crippen MR) is 146 cm³/mol. The Morgan fingerprint density at radius 3 is 2.00 bits per heavy atom. The molecule has 0 aliphatic heterocycles. The van der Waals surface area contributed by atoms with Crippen LogP contribution >= 0.6 is 0 Å². The van der Waals surface area contributed by atoms with Gasteiger partial charge in [0.25, 0.3) is 0 Å². The Morgan fingerprint density at radius 1 is 0.706 bits per heavy atom. The van der Waals surface area contributed by atoms with Gasteiger partial charge in [0.2, 0.25) is 0 Å². The van der Waals surface area contributed by atoms with Crippen LogP contribution in [0.4, 0.5) is 0 Å². The van der Waals surface area contributed by atoms with Crippen LogP contribution in [0.15, 0.2) is 0 Å². The molecule has 2 heteroatoms. The fraction of sp³-hybridized carbons (Fsp3) is 1.00. The zero-order valence-corrected chi connectivity index (χ0v) is 23.6. The highest BCUT2D eigenvalue weighted by Gasteiger charge is 2.33. The van der Waals surface area contributed by atoms with Gasteiger partial charge < -0.3 is 10.2 Å². The highest BCUT2D eigenvalue weighted by Crippen LogP contribution is 2.43. The van der Waals surface area contributed by atoms with Crippen molar-refractivity contribution in [3.8, 4) is 0 Å². The number of rotatable bonds is 11. The molecule has 0 aromatic rings. The van der Waals surface area contributed by atoms with E-state index in [1.165, 1.54) is 77.0 Å². The third-order valence-electron chi connectivity index (χ3n) is 10.8. The zero-order chi connectivity index (χ0) is 24.7. The molecule has 0 saturated heterocycles. The maximum absolute atomic E-state index is 11.1. The smallest absolute Gasteiger partial charge is 0.0571 e. The summed E-state index contributed by atoms with van der Waals surface area (Å²) in [5.74, 6) is 6.50. The van der Waals surface area contributed by atoms with E-state index in [2.05, 4.69) is 34.6 Å². The Bertz CT molecular complexity index is 551. The first kappa shape index (κ1) is 28.5. The van der Waals surface area contributed by atoms with Crippen molar-refractivity contribution < 1.29 is 10.2 Å². The monoisotopic (exact) mass is 476 g/mol. The molecule has 34 heavy (non-hydrogen) atoms. The summed E-state index contributed by atoms with van der Waals surface area (Å²) in [5, 5.41) is 22.1. The van der Waals surface area contributed by atoms with E-state index in [-0.39, 0.29) is 12.2 Å². The normalized spacial score (nSPS) is 36.7. The maximum Gasteiger partial charge on any atom is 0.0571 e. The van der Waals surface area contributed by atoms with Gasteiger partial charge in [-0.3, -0.25) is 0 Å². The van der Waals surface area contributed by atoms with Crippen molar-refractivity contribution in [3.05, 3.63) is 0 Å². The van der Waals surface area contributed by atoms with Gasteiger partial charge in [-0.25, -0.2) is 0 Å². The molecule has 0 amide bonds. The number of aliphatic hydroxyl groups is 2. The molecule has 0 aromatic carbocycles. The molecular weight excluding hydrogens is 416 g/mol. The molecular formula is C32H60O2. The average Bonchev–Trinajstić information content (AvgIpc) is 2.81. The van der Waals surface area contributed by atoms with Crippen molar-refractivity contribution in [2.24, 2.45) is 53.3 Å². The van der Waals surface area contributed by atoms with Gasteiger partial charge in [0, 0.05) is 0 Å². The van der Waals surface area contributed by atoms with E-state index in [1.54, 1.807) is 0 Å². The zero-order valence-electron chi connectivity index (χ0n) is 23.6. The minimum Gasteiger partial charge on any atom is -0.393 e. The second-order valence-corrected chi connectivity index (χ2v) is 14.0. The molecule has 0 aromatic heterocycles. The van der Waals surface area contributed by atoms with Crippen LogP contribution in [0, 0.1) is 53.3 Å². The summed E-state index contributed by atoms with van der Waals surface area (Å²) in [5.41, 5.74) is 0. The molecule has 3 aliphatic carbocycles. The summed E-state index contributed by atoms with van der Waals surface area (Å²) in [7, 11) is 0. The first-order chi connectivity index (χ1) is 16.2. The first-order valence-corrected chi connectivity index (χ1v) is 15.6. The van der Waals surface area contributed by atoms with Crippen LogP contribution in [0.25, 0.3) is 0 Å². The van der Waals surface area contributed by atoms with Crippen molar-refractivity contribution in [2.75, 3.05) is 0 Å². The topological polar surface area (TPSA) is 40.5 Å². The highest BCUT2D eigenvalue weighted by atomic mass is 16.3. The molecule has 3 saturated carbocycles. The van der Waals surface area contributed by atoms with Crippen LogP contribution in [-0.4, -0.2) is 22.4 Å². The Morgan fingerprint density at radius 2 is 1.35 bits per heavy atom. The van der Waals surface area contributed by atoms with E-state index >= 15 is 0 Å². The highest BCUT2D eigenvalue weighted by molar-refractivity contribution is 4.84. The van der Waals surface area contributed by atoms with Gasteiger partial charge in [-0.15, -0.1) is 0 Å². The van der Waals surface area contributed by atoms with Gasteiger partial charge >= 0.3 is 0 Å². The van der Waals surface area contributed by atoms with Crippen molar-refractivity contribution in [1.82, 2.24) is 0 Å². The lowest BCUT2D eigenvalue weighted by Gasteiger charge is -2.39. The standard InChI is InChI=1S/C32H60O2/c1-22(2)28(21-32(34)27-15-12-23(3)13-16-27)17-14-25(5)31(33)20-26-9-7-11-30(19-26)29-10-6-8-24(4)18-29/h22-34H,6-21H2,1-5H3/t23?,24?,25?,26?,27?,28?,29?,30?,31?,32-/m0/s1. The van der Waals surface area contributed by atoms with Crippen LogP contribution in [0.5, 0.6) is 0 Å². The van der Waals surface area contributed by atoms with E-state index in [1.807, 2.05) is 0 Å². The Hall–Kier alpha value is -0.0800. The molecule has 0 heterocycles. The number of hydrogen-bond acceptors (Lipinski definition) is 2.